The van der Waals surface area contributed by atoms with Crippen molar-refractivity contribution >= 4 is 8.07 Å². The quantitative estimate of drug-likeness (QED) is 0.541. The van der Waals surface area contributed by atoms with Crippen LogP contribution in [0.5, 0.6) is 0 Å². The summed E-state index contributed by atoms with van der Waals surface area (Å²) in [5.41, 5.74) is 4.34. The third kappa shape index (κ3) is 2.07. The van der Waals surface area contributed by atoms with Gasteiger partial charge in [-0.1, -0.05) is 58.5 Å². The molecule has 0 aromatic rings. The van der Waals surface area contributed by atoms with Crippen LogP contribution in [0.1, 0.15) is 67.2 Å². The fourth-order valence-corrected chi connectivity index (χ4v) is 9.02. The lowest BCUT2D eigenvalue weighted by molar-refractivity contribution is 0.980. The minimum atomic E-state index is -1.33. The first-order chi connectivity index (χ1) is 7.98. The van der Waals surface area contributed by atoms with E-state index in [4.69, 9.17) is 0 Å². The standard InChI is InChI=1S/C16H30Si/c1-8-13-14(9-2)16(11-4)17(7,12(5)6)15(13)10-3/h12H,8-11H2,1-7H3. The Hall–Kier alpha value is -0.303. The maximum absolute atomic E-state index is 2.62. The highest BCUT2D eigenvalue weighted by molar-refractivity contribution is 6.93. The minimum Gasteiger partial charge on any atom is -0.0728 e. The highest BCUT2D eigenvalue weighted by Crippen LogP contribution is 2.49. The van der Waals surface area contributed by atoms with Gasteiger partial charge in [-0.05, 0) is 42.4 Å². The Morgan fingerprint density at radius 2 is 1.12 bits per heavy atom. The van der Waals surface area contributed by atoms with Gasteiger partial charge in [0.2, 0.25) is 0 Å². The molecule has 1 rings (SSSR count). The van der Waals surface area contributed by atoms with E-state index in [1.165, 1.54) is 25.7 Å². The molecular weight excluding hydrogens is 220 g/mol. The van der Waals surface area contributed by atoms with Gasteiger partial charge in [-0.15, -0.1) is 0 Å². The van der Waals surface area contributed by atoms with E-state index in [1.807, 2.05) is 10.4 Å². The van der Waals surface area contributed by atoms with Crippen molar-refractivity contribution in [3.05, 3.63) is 21.5 Å². The van der Waals surface area contributed by atoms with E-state index in [2.05, 4.69) is 48.1 Å². The van der Waals surface area contributed by atoms with E-state index in [-0.39, 0.29) is 0 Å². The molecule has 98 valence electrons. The summed E-state index contributed by atoms with van der Waals surface area (Å²) in [5, 5.41) is 3.73. The van der Waals surface area contributed by atoms with Crippen molar-refractivity contribution in [3.63, 3.8) is 0 Å². The van der Waals surface area contributed by atoms with E-state index in [0.29, 0.717) is 0 Å². The van der Waals surface area contributed by atoms with Gasteiger partial charge in [0.05, 0.1) is 0 Å². The Labute approximate surface area is 109 Å². The Kier molecular flexibility index (Phi) is 4.83. The monoisotopic (exact) mass is 250 g/mol. The van der Waals surface area contributed by atoms with Crippen LogP contribution in [0.3, 0.4) is 0 Å². The molecular formula is C16H30Si. The van der Waals surface area contributed by atoms with Gasteiger partial charge in [-0.2, -0.15) is 0 Å². The zero-order valence-electron chi connectivity index (χ0n) is 12.9. The van der Waals surface area contributed by atoms with Crippen LogP contribution in [-0.4, -0.2) is 8.07 Å². The molecule has 1 aliphatic rings. The molecule has 0 saturated heterocycles. The van der Waals surface area contributed by atoms with E-state index in [9.17, 15) is 0 Å². The molecule has 0 spiro atoms. The fraction of sp³-hybridized carbons (Fsp3) is 0.750. The maximum atomic E-state index is 2.62. The average Bonchev–Trinajstić information content (AvgIpc) is 2.57. The van der Waals surface area contributed by atoms with Gasteiger partial charge in [-0.25, -0.2) is 0 Å². The molecule has 0 saturated carbocycles. The summed E-state index contributed by atoms with van der Waals surface area (Å²) < 4.78 is 0. The van der Waals surface area contributed by atoms with Gasteiger partial charge in [-0.3, -0.25) is 0 Å². The van der Waals surface area contributed by atoms with E-state index in [1.54, 1.807) is 11.1 Å². The van der Waals surface area contributed by atoms with Crippen LogP contribution in [-0.2, 0) is 0 Å². The summed E-state index contributed by atoms with van der Waals surface area (Å²) in [7, 11) is -1.33. The molecule has 0 atom stereocenters. The van der Waals surface area contributed by atoms with Crippen LogP contribution in [0.4, 0.5) is 0 Å². The Bertz CT molecular complexity index is 317. The van der Waals surface area contributed by atoms with Gasteiger partial charge in [0.25, 0.3) is 0 Å². The van der Waals surface area contributed by atoms with Crippen LogP contribution >= 0.6 is 0 Å². The Morgan fingerprint density at radius 3 is 1.29 bits per heavy atom. The molecule has 1 heterocycles. The van der Waals surface area contributed by atoms with Crippen molar-refractivity contribution in [2.45, 2.75) is 79.3 Å². The van der Waals surface area contributed by atoms with Gasteiger partial charge in [0, 0.05) is 0 Å². The summed E-state index contributed by atoms with van der Waals surface area (Å²) in [6.07, 6.45) is 5.03. The summed E-state index contributed by atoms with van der Waals surface area (Å²) in [6, 6.07) is 0. The molecule has 0 bridgehead atoms. The Balaban J connectivity index is 3.46. The van der Waals surface area contributed by atoms with Gasteiger partial charge < -0.3 is 0 Å². The Morgan fingerprint density at radius 1 is 0.765 bits per heavy atom. The lowest BCUT2D eigenvalue weighted by atomic mass is 9.99. The topological polar surface area (TPSA) is 0 Å². The first-order valence-electron chi connectivity index (χ1n) is 7.44. The molecule has 0 aromatic heterocycles. The average molecular weight is 251 g/mol. The normalized spacial score (nSPS) is 19.8. The zero-order chi connectivity index (χ0) is 13.2. The van der Waals surface area contributed by atoms with Crippen LogP contribution < -0.4 is 0 Å². The van der Waals surface area contributed by atoms with Crippen LogP contribution in [0.2, 0.25) is 12.1 Å². The first kappa shape index (κ1) is 14.8. The van der Waals surface area contributed by atoms with Crippen molar-refractivity contribution in [2.24, 2.45) is 0 Å². The van der Waals surface area contributed by atoms with Gasteiger partial charge in [0.1, 0.15) is 8.07 Å². The summed E-state index contributed by atoms with van der Waals surface area (Å²) in [4.78, 5) is 0. The molecule has 0 aromatic carbocycles. The number of allylic oxidation sites excluding steroid dienone is 4. The maximum Gasteiger partial charge on any atom is 0.109 e. The van der Waals surface area contributed by atoms with Crippen molar-refractivity contribution in [1.29, 1.82) is 0 Å². The molecule has 0 fully saturated rings. The third-order valence-electron chi connectivity index (χ3n) is 4.92. The largest absolute Gasteiger partial charge is 0.109 e. The predicted octanol–water partition coefficient (Wildman–Crippen LogP) is 5.80. The van der Waals surface area contributed by atoms with Gasteiger partial charge in [0.15, 0.2) is 0 Å². The van der Waals surface area contributed by atoms with E-state index >= 15 is 0 Å². The van der Waals surface area contributed by atoms with Crippen LogP contribution in [0, 0.1) is 0 Å². The molecule has 0 nitrogen and oxygen atoms in total. The van der Waals surface area contributed by atoms with Crippen LogP contribution in [0.25, 0.3) is 0 Å². The lowest BCUT2D eigenvalue weighted by Gasteiger charge is -2.33. The molecule has 0 radical (unpaired) electrons. The highest BCUT2D eigenvalue weighted by Gasteiger charge is 2.44. The second kappa shape index (κ2) is 5.56. The molecule has 0 amide bonds. The summed E-state index contributed by atoms with van der Waals surface area (Å²) >= 11 is 0. The molecule has 0 N–H and O–H groups in total. The minimum absolute atomic E-state index is 0.845. The van der Waals surface area contributed by atoms with Gasteiger partial charge >= 0.3 is 0 Å². The van der Waals surface area contributed by atoms with E-state index in [0.717, 1.165) is 5.54 Å². The van der Waals surface area contributed by atoms with Crippen molar-refractivity contribution in [3.8, 4) is 0 Å². The van der Waals surface area contributed by atoms with Crippen LogP contribution in [0.15, 0.2) is 21.5 Å². The van der Waals surface area contributed by atoms with Crippen molar-refractivity contribution < 1.29 is 0 Å². The predicted molar refractivity (Wildman–Crippen MR) is 81.9 cm³/mol. The second-order valence-corrected chi connectivity index (χ2v) is 10.5. The first-order valence-corrected chi connectivity index (χ1v) is 10.0. The van der Waals surface area contributed by atoms with Crippen molar-refractivity contribution in [2.75, 3.05) is 0 Å². The molecule has 1 heteroatoms. The number of hydrogen-bond acceptors (Lipinski definition) is 0. The molecule has 0 unspecified atom stereocenters. The van der Waals surface area contributed by atoms with Crippen molar-refractivity contribution in [1.82, 2.24) is 0 Å². The fourth-order valence-electron chi connectivity index (χ4n) is 3.89. The number of hydrogen-bond donors (Lipinski definition) is 0. The highest BCUT2D eigenvalue weighted by atomic mass is 28.3. The SMILES string of the molecule is CCC1=C(CC)[Si](C)(C(C)C)C(CC)=C1CC. The zero-order valence-corrected chi connectivity index (χ0v) is 13.9. The van der Waals surface area contributed by atoms with E-state index < -0.39 is 8.07 Å². The smallest absolute Gasteiger partial charge is 0.0728 e. The lowest BCUT2D eigenvalue weighted by Crippen LogP contribution is -2.38. The second-order valence-electron chi connectivity index (χ2n) is 5.69. The third-order valence-corrected chi connectivity index (χ3v) is 11.0. The number of rotatable bonds is 5. The molecule has 0 aliphatic carbocycles. The molecule has 1 aliphatic heterocycles. The summed E-state index contributed by atoms with van der Waals surface area (Å²) in [5.74, 6) is 0. The molecule has 17 heavy (non-hydrogen) atoms. The summed E-state index contributed by atoms with van der Waals surface area (Å²) in [6.45, 7) is 16.9.